The van der Waals surface area contributed by atoms with Crippen molar-refractivity contribution in [1.29, 1.82) is 0 Å². The van der Waals surface area contributed by atoms with Crippen molar-refractivity contribution in [3.8, 4) is 11.4 Å². The molecule has 0 bridgehead atoms. The summed E-state index contributed by atoms with van der Waals surface area (Å²) in [6, 6.07) is 10.6. The van der Waals surface area contributed by atoms with Gasteiger partial charge >= 0.3 is 5.56 Å². The zero-order valence-corrected chi connectivity index (χ0v) is 22.7. The number of halogens is 2. The molecule has 1 aliphatic carbocycles. The van der Waals surface area contributed by atoms with Gasteiger partial charge in [0.15, 0.2) is 0 Å². The van der Waals surface area contributed by atoms with E-state index in [-0.39, 0.29) is 16.7 Å². The van der Waals surface area contributed by atoms with Gasteiger partial charge < -0.3 is 14.2 Å². The fourth-order valence-corrected chi connectivity index (χ4v) is 5.29. The van der Waals surface area contributed by atoms with Crippen molar-refractivity contribution < 1.29 is 9.29 Å². The van der Waals surface area contributed by atoms with Gasteiger partial charge in [-0.05, 0) is 42.7 Å². The molecule has 2 aliphatic rings. The fourth-order valence-electron chi connectivity index (χ4n) is 4.03. The molecule has 0 unspecified atom stereocenters. The van der Waals surface area contributed by atoms with Crippen LogP contribution in [0.15, 0.2) is 53.6 Å². The summed E-state index contributed by atoms with van der Waals surface area (Å²) in [5.74, 6) is 0.283. The smallest absolute Gasteiger partial charge is 0.316 e. The quantitative estimate of drug-likeness (QED) is 0.312. The minimum absolute atomic E-state index is 0.106. The lowest BCUT2D eigenvalue weighted by Crippen LogP contribution is -2.52. The van der Waals surface area contributed by atoms with E-state index in [9.17, 15) is 9.35 Å². The van der Waals surface area contributed by atoms with Crippen LogP contribution in [0.4, 0.5) is 5.69 Å². The molecule has 3 heterocycles. The molecular formula is C25H28Cl2N6O3S. The molecule has 9 nitrogen and oxygen atoms in total. The van der Waals surface area contributed by atoms with Gasteiger partial charge in [0.1, 0.15) is 22.4 Å². The fraction of sp³-hybridized carbons (Fsp3) is 0.400. The Hall–Kier alpha value is -2.34. The lowest BCUT2D eigenvalue weighted by molar-refractivity contribution is 0.242. The van der Waals surface area contributed by atoms with Crippen molar-refractivity contribution in [2.24, 2.45) is 5.41 Å². The largest absolute Gasteiger partial charge is 0.579 e. The zero-order chi connectivity index (χ0) is 26.0. The number of aromatic nitrogens is 3. The van der Waals surface area contributed by atoms with Crippen LogP contribution in [0.25, 0.3) is 5.69 Å². The van der Waals surface area contributed by atoms with Crippen molar-refractivity contribution in [3.05, 3.63) is 74.9 Å². The Kier molecular flexibility index (Phi) is 7.94. The predicted molar refractivity (Wildman–Crippen MR) is 146 cm³/mol. The minimum atomic E-state index is -1.36. The molecule has 0 spiro atoms. The van der Waals surface area contributed by atoms with Gasteiger partial charge in [0.25, 0.3) is 0 Å². The first-order valence-electron chi connectivity index (χ1n) is 12.1. The van der Waals surface area contributed by atoms with E-state index in [0.717, 1.165) is 18.4 Å². The van der Waals surface area contributed by atoms with Gasteiger partial charge in [-0.25, -0.2) is 4.98 Å². The Labute approximate surface area is 228 Å². The number of pyridine rings is 1. The number of nitrogens with one attached hydrogen (secondary N) is 1. The maximum absolute atomic E-state index is 13.5. The zero-order valence-electron chi connectivity index (χ0n) is 20.4. The normalized spacial score (nSPS) is 18.0. The SMILES string of the molecule is CC1(COc2c(N3CCN([S@+]([O-])NCc4ccc(Cl)nc4)CC3)cnn(-c3cccc(Cl)c3)c2=O)CC1. The molecule has 5 rings (SSSR count). The van der Waals surface area contributed by atoms with Gasteiger partial charge in [-0.15, -0.1) is 9.03 Å². The number of ether oxygens (including phenoxy) is 1. The summed E-state index contributed by atoms with van der Waals surface area (Å²) in [5.41, 5.74) is 1.91. The van der Waals surface area contributed by atoms with Crippen LogP contribution in [0.1, 0.15) is 25.3 Å². The van der Waals surface area contributed by atoms with E-state index in [1.54, 1.807) is 42.7 Å². The van der Waals surface area contributed by atoms with E-state index in [1.807, 2.05) is 10.4 Å². The third-order valence-electron chi connectivity index (χ3n) is 6.64. The maximum atomic E-state index is 13.5. The first-order chi connectivity index (χ1) is 17.8. The number of piperazine rings is 1. The highest BCUT2D eigenvalue weighted by molar-refractivity contribution is 7.87. The lowest BCUT2D eigenvalue weighted by atomic mass is 10.2. The summed E-state index contributed by atoms with van der Waals surface area (Å²) in [6.45, 7) is 5.30. The molecule has 2 aromatic heterocycles. The second kappa shape index (κ2) is 11.2. The van der Waals surface area contributed by atoms with Crippen LogP contribution in [0.3, 0.4) is 0 Å². The van der Waals surface area contributed by atoms with Gasteiger partial charge in [-0.1, -0.05) is 42.3 Å². The molecule has 0 radical (unpaired) electrons. The standard InChI is InChI=1S/C25H28Cl2N6O3S/c1-25(7-8-25)17-36-23-21(16-29-33(24(23)34)20-4-2-3-19(26)13-20)31-9-11-32(12-10-31)37(35)30-15-18-5-6-22(27)28-14-18/h2-6,13-14,16,30H,7-12,15,17H2,1H3/t37-/m1/s1. The molecule has 3 aromatic rings. The average Bonchev–Trinajstić information content (AvgIpc) is 3.64. The number of anilines is 1. The van der Waals surface area contributed by atoms with Gasteiger partial charge in [0.2, 0.25) is 5.75 Å². The first-order valence-corrected chi connectivity index (χ1v) is 13.9. The lowest BCUT2D eigenvalue weighted by Gasteiger charge is -2.35. The molecule has 1 saturated carbocycles. The van der Waals surface area contributed by atoms with Crippen LogP contribution < -0.4 is 19.9 Å². The summed E-state index contributed by atoms with van der Waals surface area (Å²) in [7, 11) is 0. The van der Waals surface area contributed by atoms with E-state index in [1.165, 1.54) is 4.68 Å². The molecule has 1 atom stereocenters. The van der Waals surface area contributed by atoms with Gasteiger partial charge in [-0.2, -0.15) is 9.78 Å². The van der Waals surface area contributed by atoms with Crippen LogP contribution in [0.5, 0.6) is 5.75 Å². The molecule has 37 heavy (non-hydrogen) atoms. The van der Waals surface area contributed by atoms with Crippen LogP contribution in [0.2, 0.25) is 10.2 Å². The predicted octanol–water partition coefficient (Wildman–Crippen LogP) is 3.60. The van der Waals surface area contributed by atoms with Crippen molar-refractivity contribution >= 4 is 40.4 Å². The Bertz CT molecular complexity index is 1300. The minimum Gasteiger partial charge on any atom is -0.579 e. The Balaban J connectivity index is 1.29. The van der Waals surface area contributed by atoms with Crippen LogP contribution in [-0.4, -0.2) is 56.4 Å². The topological polar surface area (TPSA) is 98.6 Å². The summed E-state index contributed by atoms with van der Waals surface area (Å²) in [4.78, 5) is 19.6. The summed E-state index contributed by atoms with van der Waals surface area (Å²) in [6.07, 6.45) is 5.50. The van der Waals surface area contributed by atoms with Gasteiger partial charge in [0.05, 0.1) is 38.1 Å². The van der Waals surface area contributed by atoms with E-state index < -0.39 is 11.5 Å². The summed E-state index contributed by atoms with van der Waals surface area (Å²) in [5, 5.41) is 5.37. The highest BCUT2D eigenvalue weighted by atomic mass is 35.5. The third kappa shape index (κ3) is 6.39. The third-order valence-corrected chi connectivity index (χ3v) is 8.32. The molecule has 12 heteroatoms. The Morgan fingerprint density at radius 2 is 1.92 bits per heavy atom. The van der Waals surface area contributed by atoms with E-state index in [0.29, 0.717) is 60.9 Å². The summed E-state index contributed by atoms with van der Waals surface area (Å²) < 4.78 is 25.2. The van der Waals surface area contributed by atoms with Crippen LogP contribution >= 0.6 is 23.2 Å². The van der Waals surface area contributed by atoms with E-state index in [4.69, 9.17) is 27.9 Å². The van der Waals surface area contributed by atoms with Gasteiger partial charge in [0, 0.05) is 29.7 Å². The van der Waals surface area contributed by atoms with Crippen LogP contribution in [0, 0.1) is 5.41 Å². The van der Waals surface area contributed by atoms with Crippen molar-refractivity contribution in [2.45, 2.75) is 26.3 Å². The first kappa shape index (κ1) is 26.3. The highest BCUT2D eigenvalue weighted by Gasteiger charge is 2.39. The Morgan fingerprint density at radius 1 is 1.14 bits per heavy atom. The average molecular weight is 564 g/mol. The highest BCUT2D eigenvalue weighted by Crippen LogP contribution is 2.45. The molecule has 0 amide bonds. The number of hydrogen-bond donors (Lipinski definition) is 1. The second-order valence-electron chi connectivity index (χ2n) is 9.63. The van der Waals surface area contributed by atoms with E-state index >= 15 is 0 Å². The number of hydrogen-bond acceptors (Lipinski definition) is 8. The molecule has 1 N–H and O–H groups in total. The molecule has 1 saturated heterocycles. The number of benzene rings is 1. The molecule has 1 aromatic carbocycles. The summed E-state index contributed by atoms with van der Waals surface area (Å²) >= 11 is 10.6. The van der Waals surface area contributed by atoms with Crippen molar-refractivity contribution in [1.82, 2.24) is 23.8 Å². The Morgan fingerprint density at radius 3 is 2.59 bits per heavy atom. The molecule has 196 valence electrons. The number of rotatable bonds is 9. The maximum Gasteiger partial charge on any atom is 0.316 e. The molecule has 2 fully saturated rings. The monoisotopic (exact) mass is 562 g/mol. The number of nitrogens with zero attached hydrogens (tertiary/aromatic N) is 5. The molecule has 1 aliphatic heterocycles. The van der Waals surface area contributed by atoms with Crippen LogP contribution in [-0.2, 0) is 18.1 Å². The molecular weight excluding hydrogens is 535 g/mol. The second-order valence-corrected chi connectivity index (χ2v) is 11.8. The van der Waals surface area contributed by atoms with E-state index in [2.05, 4.69) is 26.6 Å². The van der Waals surface area contributed by atoms with Crippen molar-refractivity contribution in [2.75, 3.05) is 37.7 Å². The van der Waals surface area contributed by atoms with Crippen molar-refractivity contribution in [3.63, 3.8) is 0 Å². The van der Waals surface area contributed by atoms with Gasteiger partial charge in [-0.3, -0.25) is 4.79 Å².